The second-order valence-corrected chi connectivity index (χ2v) is 6.07. The molecule has 1 aromatic carbocycles. The van der Waals surface area contributed by atoms with Crippen molar-refractivity contribution < 1.29 is 9.90 Å². The molecular weight excluding hydrogens is 311 g/mol. The largest absolute Gasteiger partial charge is 0.387 e. The van der Waals surface area contributed by atoms with Crippen LogP contribution >= 0.6 is 23.2 Å². The van der Waals surface area contributed by atoms with E-state index in [0.29, 0.717) is 35.1 Å². The molecule has 0 radical (unpaired) electrons. The Morgan fingerprint density at radius 2 is 2.05 bits per heavy atom. The van der Waals surface area contributed by atoms with Gasteiger partial charge in [-0.1, -0.05) is 23.2 Å². The van der Waals surface area contributed by atoms with Crippen LogP contribution in [0.5, 0.6) is 0 Å². The van der Waals surface area contributed by atoms with Crippen molar-refractivity contribution in [2.24, 2.45) is 0 Å². The molecule has 1 unspecified atom stereocenters. The number of aliphatic hydroxyl groups is 1. The Morgan fingerprint density at radius 1 is 1.33 bits per heavy atom. The average molecular weight is 331 g/mol. The Hall–Kier alpha value is -0.810. The lowest BCUT2D eigenvalue weighted by atomic mass is 10.1. The van der Waals surface area contributed by atoms with Crippen LogP contribution in [0.15, 0.2) is 18.2 Å². The van der Waals surface area contributed by atoms with Crippen LogP contribution in [-0.4, -0.2) is 42.1 Å². The summed E-state index contributed by atoms with van der Waals surface area (Å²) in [5.74, 6) is 0.176. The first-order valence-corrected chi connectivity index (χ1v) is 7.95. The number of carbonyl (C=O) groups excluding carboxylic acids is 1. The molecule has 21 heavy (non-hydrogen) atoms. The molecule has 1 atom stereocenters. The highest BCUT2D eigenvalue weighted by atomic mass is 35.5. The van der Waals surface area contributed by atoms with Crippen molar-refractivity contribution in [1.82, 2.24) is 10.2 Å². The smallest absolute Gasteiger partial charge is 0.223 e. The lowest BCUT2D eigenvalue weighted by molar-refractivity contribution is -0.130. The molecule has 1 saturated heterocycles. The van der Waals surface area contributed by atoms with Crippen molar-refractivity contribution in [3.05, 3.63) is 33.8 Å². The van der Waals surface area contributed by atoms with Crippen LogP contribution in [0.25, 0.3) is 0 Å². The Bertz CT molecular complexity index is 491. The minimum Gasteiger partial charge on any atom is -0.387 e. The number of amides is 1. The summed E-state index contributed by atoms with van der Waals surface area (Å²) in [6.07, 6.45) is 1.92. The van der Waals surface area contributed by atoms with Gasteiger partial charge in [-0.3, -0.25) is 4.79 Å². The summed E-state index contributed by atoms with van der Waals surface area (Å²) >= 11 is 11.9. The molecule has 2 rings (SSSR count). The highest BCUT2D eigenvalue weighted by Gasteiger charge is 2.17. The highest BCUT2D eigenvalue weighted by molar-refractivity contribution is 6.33. The minimum atomic E-state index is -0.738. The summed E-state index contributed by atoms with van der Waals surface area (Å²) in [5.41, 5.74) is 0.600. The van der Waals surface area contributed by atoms with Gasteiger partial charge in [-0.05, 0) is 31.0 Å². The van der Waals surface area contributed by atoms with E-state index < -0.39 is 6.10 Å². The first kappa shape index (κ1) is 16.6. The lowest BCUT2D eigenvalue weighted by Crippen LogP contribution is -2.31. The number of benzene rings is 1. The standard InChI is InChI=1S/C15H20Cl2N2O2/c16-11-3-4-13(17)12(9-11)14(20)10-18-6-5-15(21)19-7-1-2-8-19/h3-4,9,14,18,20H,1-2,5-8,10H2. The molecule has 0 aromatic heterocycles. The second kappa shape index (κ2) is 7.99. The third-order valence-electron chi connectivity index (χ3n) is 3.63. The number of aliphatic hydroxyl groups excluding tert-OH is 1. The molecule has 0 aliphatic carbocycles. The van der Waals surface area contributed by atoms with Gasteiger partial charge in [0.15, 0.2) is 0 Å². The molecular formula is C15H20Cl2N2O2. The van der Waals surface area contributed by atoms with E-state index in [-0.39, 0.29) is 5.91 Å². The molecule has 1 fully saturated rings. The third kappa shape index (κ3) is 4.85. The Morgan fingerprint density at radius 3 is 2.76 bits per heavy atom. The number of nitrogens with one attached hydrogen (secondary N) is 1. The van der Waals surface area contributed by atoms with E-state index in [4.69, 9.17) is 23.2 Å². The summed E-state index contributed by atoms with van der Waals surface area (Å²) in [6.45, 7) is 2.64. The zero-order valence-corrected chi connectivity index (χ0v) is 13.3. The number of rotatable bonds is 6. The van der Waals surface area contributed by atoms with Gasteiger partial charge in [0.05, 0.1) is 6.10 Å². The van der Waals surface area contributed by atoms with Crippen LogP contribution in [0.4, 0.5) is 0 Å². The maximum atomic E-state index is 11.8. The Balaban J connectivity index is 1.72. The molecule has 1 heterocycles. The summed E-state index contributed by atoms with van der Waals surface area (Å²) in [6, 6.07) is 5.01. The fourth-order valence-electron chi connectivity index (χ4n) is 2.44. The molecule has 0 bridgehead atoms. The van der Waals surface area contributed by atoms with Gasteiger partial charge in [0, 0.05) is 48.2 Å². The van der Waals surface area contributed by atoms with Crippen molar-refractivity contribution in [2.75, 3.05) is 26.2 Å². The minimum absolute atomic E-state index is 0.176. The van der Waals surface area contributed by atoms with Crippen molar-refractivity contribution in [2.45, 2.75) is 25.4 Å². The van der Waals surface area contributed by atoms with Gasteiger partial charge in [0.2, 0.25) is 5.91 Å². The van der Waals surface area contributed by atoms with E-state index in [1.165, 1.54) is 0 Å². The molecule has 0 saturated carbocycles. The van der Waals surface area contributed by atoms with E-state index in [2.05, 4.69) is 5.32 Å². The number of hydrogen-bond acceptors (Lipinski definition) is 3. The number of hydrogen-bond donors (Lipinski definition) is 2. The first-order valence-electron chi connectivity index (χ1n) is 7.19. The molecule has 4 nitrogen and oxygen atoms in total. The van der Waals surface area contributed by atoms with Gasteiger partial charge in [0.25, 0.3) is 0 Å². The zero-order chi connectivity index (χ0) is 15.2. The van der Waals surface area contributed by atoms with Gasteiger partial charge >= 0.3 is 0 Å². The molecule has 2 N–H and O–H groups in total. The number of carbonyl (C=O) groups is 1. The van der Waals surface area contributed by atoms with Crippen LogP contribution in [-0.2, 0) is 4.79 Å². The summed E-state index contributed by atoms with van der Waals surface area (Å²) in [5, 5.41) is 14.2. The zero-order valence-electron chi connectivity index (χ0n) is 11.8. The fraction of sp³-hybridized carbons (Fsp3) is 0.533. The summed E-state index contributed by atoms with van der Waals surface area (Å²) in [4.78, 5) is 13.7. The van der Waals surface area contributed by atoms with E-state index in [1.54, 1.807) is 18.2 Å². The quantitative estimate of drug-likeness (QED) is 0.788. The van der Waals surface area contributed by atoms with Crippen LogP contribution in [0, 0.1) is 0 Å². The van der Waals surface area contributed by atoms with Crippen molar-refractivity contribution in [1.29, 1.82) is 0 Å². The van der Waals surface area contributed by atoms with Gasteiger partial charge in [-0.2, -0.15) is 0 Å². The topological polar surface area (TPSA) is 52.6 Å². The van der Waals surface area contributed by atoms with Gasteiger partial charge in [0.1, 0.15) is 0 Å². The van der Waals surface area contributed by atoms with Crippen LogP contribution in [0.1, 0.15) is 30.9 Å². The molecule has 1 amide bonds. The van der Waals surface area contributed by atoms with Crippen LogP contribution in [0.2, 0.25) is 10.0 Å². The Labute approximate surface area is 135 Å². The number of likely N-dealkylation sites (tertiary alicyclic amines) is 1. The third-order valence-corrected chi connectivity index (χ3v) is 4.21. The number of halogens is 2. The van der Waals surface area contributed by atoms with E-state index in [1.807, 2.05) is 4.90 Å². The second-order valence-electron chi connectivity index (χ2n) is 5.22. The van der Waals surface area contributed by atoms with E-state index >= 15 is 0 Å². The summed E-state index contributed by atoms with van der Waals surface area (Å²) in [7, 11) is 0. The van der Waals surface area contributed by atoms with Crippen molar-refractivity contribution in [3.8, 4) is 0 Å². The predicted octanol–water partition coefficient (Wildman–Crippen LogP) is 2.63. The normalized spacial score (nSPS) is 16.2. The van der Waals surface area contributed by atoms with Crippen LogP contribution < -0.4 is 5.32 Å². The monoisotopic (exact) mass is 330 g/mol. The van der Waals surface area contributed by atoms with E-state index in [9.17, 15) is 9.90 Å². The molecule has 6 heteroatoms. The predicted molar refractivity (Wildman–Crippen MR) is 84.7 cm³/mol. The van der Waals surface area contributed by atoms with Crippen LogP contribution in [0.3, 0.4) is 0 Å². The maximum Gasteiger partial charge on any atom is 0.223 e. The van der Waals surface area contributed by atoms with Gasteiger partial charge < -0.3 is 15.3 Å². The van der Waals surface area contributed by atoms with Crippen molar-refractivity contribution in [3.63, 3.8) is 0 Å². The SMILES string of the molecule is O=C(CCNCC(O)c1cc(Cl)ccc1Cl)N1CCCC1. The molecule has 116 valence electrons. The molecule has 1 aliphatic heterocycles. The first-order chi connectivity index (χ1) is 10.1. The van der Waals surface area contributed by atoms with E-state index in [0.717, 1.165) is 25.9 Å². The Kier molecular flexibility index (Phi) is 6.30. The highest BCUT2D eigenvalue weighted by Crippen LogP contribution is 2.25. The molecule has 1 aromatic rings. The summed E-state index contributed by atoms with van der Waals surface area (Å²) < 4.78 is 0. The molecule has 1 aliphatic rings. The fourth-order valence-corrected chi connectivity index (χ4v) is 2.86. The maximum absolute atomic E-state index is 11.8. The lowest BCUT2D eigenvalue weighted by Gasteiger charge is -2.16. The van der Waals surface area contributed by atoms with Gasteiger partial charge in [-0.25, -0.2) is 0 Å². The average Bonchev–Trinajstić information content (AvgIpc) is 3.00. The van der Waals surface area contributed by atoms with Gasteiger partial charge in [-0.15, -0.1) is 0 Å². The number of nitrogens with zero attached hydrogens (tertiary/aromatic N) is 1. The molecule has 0 spiro atoms. The van der Waals surface area contributed by atoms with Crippen molar-refractivity contribution >= 4 is 29.1 Å².